The highest BCUT2D eigenvalue weighted by Crippen LogP contribution is 2.08. The van der Waals surface area contributed by atoms with E-state index in [1.165, 1.54) is 0 Å². The van der Waals surface area contributed by atoms with E-state index in [4.69, 9.17) is 17.3 Å². The zero-order valence-corrected chi connectivity index (χ0v) is 9.41. The third-order valence-electron chi connectivity index (χ3n) is 1.98. The summed E-state index contributed by atoms with van der Waals surface area (Å²) in [6, 6.07) is 6.98. The molecule has 0 fully saturated rings. The minimum atomic E-state index is -0.370. The van der Waals surface area contributed by atoms with Gasteiger partial charge in [-0.25, -0.2) is 0 Å². The number of rotatable bonds is 5. The molecule has 4 heteroatoms. The first-order valence-corrected chi connectivity index (χ1v) is 5.31. The lowest BCUT2D eigenvalue weighted by atomic mass is 10.1. The highest BCUT2D eigenvalue weighted by molar-refractivity contribution is 6.30. The molecule has 3 nitrogen and oxygen atoms in total. The van der Waals surface area contributed by atoms with Crippen molar-refractivity contribution in [1.29, 1.82) is 0 Å². The summed E-state index contributed by atoms with van der Waals surface area (Å²) in [6.07, 6.45) is 3.67. The van der Waals surface area contributed by atoms with Gasteiger partial charge in [0.2, 0.25) is 5.91 Å². The van der Waals surface area contributed by atoms with Gasteiger partial charge >= 0.3 is 0 Å². The monoisotopic (exact) mass is 237 g/mol. The minimum Gasteiger partial charge on any atom is -0.369 e. The molecule has 0 saturated heterocycles. The Bertz CT molecular complexity index is 410. The predicted molar refractivity (Wildman–Crippen MR) is 64.3 cm³/mol. The maximum atomic E-state index is 11.2. The third kappa shape index (κ3) is 3.87. The third-order valence-corrected chi connectivity index (χ3v) is 2.23. The number of halogens is 1. The Morgan fingerprint density at radius 2 is 1.88 bits per heavy atom. The number of primary amides is 1. The van der Waals surface area contributed by atoms with Gasteiger partial charge in [0.25, 0.3) is 0 Å². The predicted octanol–water partition coefficient (Wildman–Crippen LogP) is 2.00. The van der Waals surface area contributed by atoms with Crippen LogP contribution in [0.15, 0.2) is 30.3 Å². The quantitative estimate of drug-likeness (QED) is 0.629. The molecule has 0 saturated carbocycles. The molecule has 0 radical (unpaired) electrons. The molecule has 0 bridgehead atoms. The van der Waals surface area contributed by atoms with Gasteiger partial charge in [-0.1, -0.05) is 36.4 Å². The van der Waals surface area contributed by atoms with Crippen LogP contribution in [0.5, 0.6) is 0 Å². The molecule has 16 heavy (non-hydrogen) atoms. The molecule has 0 unspecified atom stereocenters. The molecule has 1 aromatic rings. The summed E-state index contributed by atoms with van der Waals surface area (Å²) in [7, 11) is 0. The fourth-order valence-electron chi connectivity index (χ4n) is 1.17. The van der Waals surface area contributed by atoms with Crippen LogP contribution < -0.4 is 5.73 Å². The van der Waals surface area contributed by atoms with Gasteiger partial charge in [0.15, 0.2) is 5.78 Å². The van der Waals surface area contributed by atoms with Crippen LogP contribution in [0.25, 0.3) is 6.08 Å². The van der Waals surface area contributed by atoms with Gasteiger partial charge in [-0.15, -0.1) is 11.6 Å². The van der Waals surface area contributed by atoms with Crippen LogP contribution in [-0.4, -0.2) is 17.6 Å². The van der Waals surface area contributed by atoms with Gasteiger partial charge < -0.3 is 5.73 Å². The summed E-state index contributed by atoms with van der Waals surface area (Å²) in [5.41, 5.74) is 6.48. The van der Waals surface area contributed by atoms with E-state index < -0.39 is 0 Å². The van der Waals surface area contributed by atoms with E-state index in [1.807, 2.05) is 0 Å². The lowest BCUT2D eigenvalue weighted by molar-refractivity contribution is -0.117. The number of hydrogen-bond donors (Lipinski definition) is 1. The van der Waals surface area contributed by atoms with E-state index in [2.05, 4.69) is 0 Å². The maximum absolute atomic E-state index is 11.2. The van der Waals surface area contributed by atoms with Crippen LogP contribution in [0.3, 0.4) is 0 Å². The highest BCUT2D eigenvalue weighted by Gasteiger charge is 2.02. The van der Waals surface area contributed by atoms with Crippen LogP contribution in [0.1, 0.15) is 22.3 Å². The highest BCUT2D eigenvalue weighted by atomic mass is 35.5. The largest absolute Gasteiger partial charge is 0.369 e. The first kappa shape index (κ1) is 12.5. The number of hydrogen-bond acceptors (Lipinski definition) is 2. The maximum Gasteiger partial charge on any atom is 0.221 e. The molecular formula is C12H12ClNO2. The molecular weight excluding hydrogens is 226 g/mol. The Morgan fingerprint density at radius 3 is 2.38 bits per heavy atom. The van der Waals surface area contributed by atoms with Crippen molar-refractivity contribution in [1.82, 2.24) is 0 Å². The van der Waals surface area contributed by atoms with Crippen molar-refractivity contribution in [3.8, 4) is 0 Å². The average Bonchev–Trinajstić information content (AvgIpc) is 2.28. The Balaban J connectivity index is 2.68. The smallest absolute Gasteiger partial charge is 0.221 e. The fourth-order valence-corrected chi connectivity index (χ4v) is 1.32. The number of benzene rings is 1. The molecule has 84 valence electrons. The summed E-state index contributed by atoms with van der Waals surface area (Å²) in [5, 5.41) is 0. The van der Waals surface area contributed by atoms with Crippen molar-refractivity contribution in [3.05, 3.63) is 41.5 Å². The average molecular weight is 238 g/mol. The molecule has 1 amide bonds. The summed E-state index contributed by atoms with van der Waals surface area (Å²) < 4.78 is 0. The van der Waals surface area contributed by atoms with Gasteiger partial charge in [0.1, 0.15) is 0 Å². The van der Waals surface area contributed by atoms with E-state index >= 15 is 0 Å². The molecule has 0 aromatic heterocycles. The number of ketones is 1. The Kier molecular flexibility index (Phi) is 4.73. The first-order chi connectivity index (χ1) is 7.63. The van der Waals surface area contributed by atoms with Crippen molar-refractivity contribution in [3.63, 3.8) is 0 Å². The fraction of sp³-hybridized carbons (Fsp3) is 0.167. The SMILES string of the molecule is NC(=O)CC=Cc1ccc(C(=O)CCl)cc1. The van der Waals surface area contributed by atoms with Crippen molar-refractivity contribution in [2.75, 3.05) is 5.88 Å². The second-order valence-corrected chi connectivity index (χ2v) is 3.52. The van der Waals surface area contributed by atoms with Crippen LogP contribution in [-0.2, 0) is 4.79 Å². The lowest BCUT2D eigenvalue weighted by Gasteiger charge is -1.97. The van der Waals surface area contributed by atoms with Crippen molar-refractivity contribution in [2.45, 2.75) is 6.42 Å². The summed E-state index contributed by atoms with van der Waals surface area (Å²) in [6.45, 7) is 0. The number of nitrogens with two attached hydrogens (primary N) is 1. The van der Waals surface area contributed by atoms with E-state index in [9.17, 15) is 9.59 Å². The molecule has 1 rings (SSSR count). The molecule has 0 aliphatic rings. The zero-order valence-electron chi connectivity index (χ0n) is 8.65. The zero-order chi connectivity index (χ0) is 12.0. The Labute approximate surface area is 98.9 Å². The molecule has 0 aliphatic carbocycles. The van der Waals surface area contributed by atoms with Gasteiger partial charge in [-0.05, 0) is 5.56 Å². The van der Waals surface area contributed by atoms with Crippen molar-refractivity contribution in [2.24, 2.45) is 5.73 Å². The second-order valence-electron chi connectivity index (χ2n) is 3.25. The number of carbonyl (C=O) groups excluding carboxylic acids is 2. The Hall–Kier alpha value is -1.61. The van der Waals surface area contributed by atoms with Gasteiger partial charge in [0, 0.05) is 12.0 Å². The molecule has 2 N–H and O–H groups in total. The first-order valence-electron chi connectivity index (χ1n) is 4.77. The van der Waals surface area contributed by atoms with E-state index in [1.54, 1.807) is 36.4 Å². The number of alkyl halides is 1. The van der Waals surface area contributed by atoms with E-state index in [0.29, 0.717) is 5.56 Å². The number of Topliss-reactive ketones (excluding diaryl/α,β-unsaturated/α-hetero) is 1. The van der Waals surface area contributed by atoms with Crippen LogP contribution >= 0.6 is 11.6 Å². The van der Waals surface area contributed by atoms with Crippen molar-refractivity contribution >= 4 is 29.4 Å². The number of carbonyl (C=O) groups is 2. The normalized spacial score (nSPS) is 10.6. The van der Waals surface area contributed by atoms with Gasteiger partial charge in [-0.3, -0.25) is 9.59 Å². The molecule has 0 heterocycles. The minimum absolute atomic E-state index is 0.0170. The standard InChI is InChI=1S/C12H12ClNO2/c13-8-11(15)10-6-4-9(5-7-10)2-1-3-12(14)16/h1-2,4-7H,3,8H2,(H2,14,16). The van der Waals surface area contributed by atoms with Crippen molar-refractivity contribution < 1.29 is 9.59 Å². The second kappa shape index (κ2) is 6.08. The molecule has 0 atom stereocenters. The Morgan fingerprint density at radius 1 is 1.25 bits per heavy atom. The molecule has 0 spiro atoms. The van der Waals surface area contributed by atoms with Gasteiger partial charge in [-0.2, -0.15) is 0 Å². The topological polar surface area (TPSA) is 60.2 Å². The molecule has 0 aliphatic heterocycles. The van der Waals surface area contributed by atoms with E-state index in [0.717, 1.165) is 5.56 Å². The van der Waals surface area contributed by atoms with Crippen LogP contribution in [0, 0.1) is 0 Å². The van der Waals surface area contributed by atoms with E-state index in [-0.39, 0.29) is 24.0 Å². The van der Waals surface area contributed by atoms with Crippen LogP contribution in [0.4, 0.5) is 0 Å². The molecule has 1 aromatic carbocycles. The summed E-state index contributed by atoms with van der Waals surface area (Å²) >= 11 is 5.43. The van der Waals surface area contributed by atoms with Crippen LogP contribution in [0.2, 0.25) is 0 Å². The number of amides is 1. The summed E-state index contributed by atoms with van der Waals surface area (Å²) in [5.74, 6) is -0.490. The summed E-state index contributed by atoms with van der Waals surface area (Å²) in [4.78, 5) is 21.7. The van der Waals surface area contributed by atoms with Gasteiger partial charge in [0.05, 0.1) is 5.88 Å². The lowest BCUT2D eigenvalue weighted by Crippen LogP contribution is -2.07.